The Balaban J connectivity index is 2.06. The average Bonchev–Trinajstić information content (AvgIpc) is 2.81. The van der Waals surface area contributed by atoms with Gasteiger partial charge in [-0.25, -0.2) is 13.2 Å². The van der Waals surface area contributed by atoms with Crippen LogP contribution in [0.3, 0.4) is 0 Å². The van der Waals surface area contributed by atoms with E-state index >= 15 is 0 Å². The maximum atomic E-state index is 12.9. The molecule has 6 heteroatoms. The molecule has 0 saturated heterocycles. The van der Waals surface area contributed by atoms with E-state index in [2.05, 4.69) is 5.32 Å². The van der Waals surface area contributed by atoms with Crippen LogP contribution in [0.4, 0.5) is 18.9 Å². The second-order valence-electron chi connectivity index (χ2n) is 3.63. The zero-order valence-electron chi connectivity index (χ0n) is 9.21. The Labute approximate surface area is 101 Å². The number of nitrogens with one attached hydrogen (secondary N) is 1. The lowest BCUT2D eigenvalue weighted by Gasteiger charge is -2.05. The molecule has 2 N–H and O–H groups in total. The van der Waals surface area contributed by atoms with E-state index in [-0.39, 0.29) is 18.8 Å². The van der Waals surface area contributed by atoms with E-state index in [4.69, 9.17) is 9.52 Å². The molecular formula is C12H10F3NO2. The number of rotatable bonds is 4. The fourth-order valence-corrected chi connectivity index (χ4v) is 1.45. The van der Waals surface area contributed by atoms with Gasteiger partial charge in [-0.3, -0.25) is 0 Å². The summed E-state index contributed by atoms with van der Waals surface area (Å²) in [4.78, 5) is 0. The molecule has 0 fully saturated rings. The van der Waals surface area contributed by atoms with Crippen molar-refractivity contribution in [2.45, 2.75) is 13.2 Å². The Bertz CT molecular complexity index is 531. The van der Waals surface area contributed by atoms with Crippen LogP contribution < -0.4 is 5.32 Å². The summed E-state index contributed by atoms with van der Waals surface area (Å²) < 4.78 is 43.7. The number of hydrogen-bond donors (Lipinski definition) is 2. The van der Waals surface area contributed by atoms with Gasteiger partial charge in [0.1, 0.15) is 18.1 Å². The standard InChI is InChI=1S/C12H10F3NO2/c13-10-3-7(4-11(14)12(10)15)16-5-8-1-2-9(6-17)18-8/h1-4,16-17H,5-6H2. The first-order valence-electron chi connectivity index (χ1n) is 5.17. The quantitative estimate of drug-likeness (QED) is 0.828. The second-order valence-corrected chi connectivity index (χ2v) is 3.63. The van der Waals surface area contributed by atoms with E-state index in [1.165, 1.54) is 0 Å². The van der Waals surface area contributed by atoms with E-state index in [0.29, 0.717) is 11.5 Å². The van der Waals surface area contributed by atoms with Gasteiger partial charge < -0.3 is 14.8 Å². The van der Waals surface area contributed by atoms with E-state index < -0.39 is 17.5 Å². The molecule has 0 aliphatic carbocycles. The fraction of sp³-hybridized carbons (Fsp3) is 0.167. The van der Waals surface area contributed by atoms with Crippen LogP contribution in [-0.2, 0) is 13.2 Å². The predicted octanol–water partition coefficient (Wildman–Crippen LogP) is 2.80. The Morgan fingerprint density at radius 1 is 1.06 bits per heavy atom. The molecule has 2 rings (SSSR count). The van der Waals surface area contributed by atoms with Gasteiger partial charge in [0.15, 0.2) is 17.5 Å². The first-order valence-corrected chi connectivity index (χ1v) is 5.17. The second kappa shape index (κ2) is 5.14. The lowest BCUT2D eigenvalue weighted by molar-refractivity contribution is 0.244. The molecule has 0 aliphatic heterocycles. The average molecular weight is 257 g/mol. The van der Waals surface area contributed by atoms with E-state index in [1.54, 1.807) is 12.1 Å². The minimum Gasteiger partial charge on any atom is -0.462 e. The third kappa shape index (κ3) is 2.65. The summed E-state index contributed by atoms with van der Waals surface area (Å²) in [6.45, 7) is -0.0513. The molecule has 96 valence electrons. The van der Waals surface area contributed by atoms with Gasteiger partial charge in [0.25, 0.3) is 0 Å². The molecule has 0 radical (unpaired) electrons. The highest BCUT2D eigenvalue weighted by atomic mass is 19.2. The van der Waals surface area contributed by atoms with Gasteiger partial charge in [-0.2, -0.15) is 0 Å². The summed E-state index contributed by atoms with van der Waals surface area (Å²) in [6, 6.07) is 4.92. The summed E-state index contributed by atoms with van der Waals surface area (Å²) in [6.07, 6.45) is 0. The molecule has 3 nitrogen and oxygen atoms in total. The maximum Gasteiger partial charge on any atom is 0.194 e. The molecule has 1 aromatic carbocycles. The Morgan fingerprint density at radius 3 is 2.22 bits per heavy atom. The number of furan rings is 1. The summed E-state index contributed by atoms with van der Waals surface area (Å²) >= 11 is 0. The Morgan fingerprint density at radius 2 is 1.67 bits per heavy atom. The van der Waals surface area contributed by atoms with Crippen LogP contribution >= 0.6 is 0 Å². The molecule has 0 saturated carbocycles. The third-order valence-corrected chi connectivity index (χ3v) is 2.32. The molecule has 1 aromatic heterocycles. The van der Waals surface area contributed by atoms with Crippen molar-refractivity contribution in [1.82, 2.24) is 0 Å². The highest BCUT2D eigenvalue weighted by Crippen LogP contribution is 2.18. The number of hydrogen-bond acceptors (Lipinski definition) is 3. The van der Waals surface area contributed by atoms with Crippen LogP contribution in [0.15, 0.2) is 28.7 Å². The minimum absolute atomic E-state index is 0.105. The van der Waals surface area contributed by atoms with Crippen LogP contribution in [-0.4, -0.2) is 5.11 Å². The van der Waals surface area contributed by atoms with E-state index in [0.717, 1.165) is 12.1 Å². The van der Waals surface area contributed by atoms with Crippen molar-refractivity contribution in [3.05, 3.63) is 53.2 Å². The van der Waals surface area contributed by atoms with Gasteiger partial charge in [0.2, 0.25) is 0 Å². The summed E-state index contributed by atoms with van der Waals surface area (Å²) in [5.74, 6) is -3.13. The van der Waals surface area contributed by atoms with Crippen molar-refractivity contribution in [2.24, 2.45) is 0 Å². The lowest BCUT2D eigenvalue weighted by Crippen LogP contribution is -2.01. The van der Waals surface area contributed by atoms with Gasteiger partial charge in [0, 0.05) is 17.8 Å². The van der Waals surface area contributed by atoms with E-state index in [9.17, 15) is 13.2 Å². The maximum absolute atomic E-state index is 12.9. The van der Waals surface area contributed by atoms with Crippen LogP contribution in [0.25, 0.3) is 0 Å². The van der Waals surface area contributed by atoms with Gasteiger partial charge in [-0.05, 0) is 12.1 Å². The van der Waals surface area contributed by atoms with Crippen LogP contribution in [0.2, 0.25) is 0 Å². The molecule has 0 atom stereocenters. The lowest BCUT2D eigenvalue weighted by atomic mass is 10.3. The van der Waals surface area contributed by atoms with Crippen LogP contribution in [0.5, 0.6) is 0 Å². The normalized spacial score (nSPS) is 10.7. The molecule has 18 heavy (non-hydrogen) atoms. The van der Waals surface area contributed by atoms with Crippen LogP contribution in [0, 0.1) is 17.5 Å². The third-order valence-electron chi connectivity index (χ3n) is 2.32. The first kappa shape index (κ1) is 12.5. The number of aliphatic hydroxyl groups is 1. The number of anilines is 1. The van der Waals surface area contributed by atoms with Gasteiger partial charge in [-0.15, -0.1) is 0 Å². The minimum atomic E-state index is -1.50. The summed E-state index contributed by atoms with van der Waals surface area (Å²) in [5, 5.41) is 11.5. The van der Waals surface area contributed by atoms with Crippen molar-refractivity contribution in [3.63, 3.8) is 0 Å². The summed E-state index contributed by atoms with van der Waals surface area (Å²) in [5.41, 5.74) is 0.105. The Kier molecular flexibility index (Phi) is 3.57. The zero-order valence-corrected chi connectivity index (χ0v) is 9.21. The molecule has 2 aromatic rings. The molecule has 0 aliphatic rings. The number of benzene rings is 1. The van der Waals surface area contributed by atoms with Gasteiger partial charge >= 0.3 is 0 Å². The monoisotopic (exact) mass is 257 g/mol. The fourth-order valence-electron chi connectivity index (χ4n) is 1.45. The van der Waals surface area contributed by atoms with Crippen molar-refractivity contribution < 1.29 is 22.7 Å². The largest absolute Gasteiger partial charge is 0.462 e. The van der Waals surface area contributed by atoms with Gasteiger partial charge in [-0.1, -0.05) is 0 Å². The van der Waals surface area contributed by atoms with Crippen molar-refractivity contribution >= 4 is 5.69 Å². The predicted molar refractivity (Wildman–Crippen MR) is 58.3 cm³/mol. The molecule has 0 amide bonds. The molecule has 0 bridgehead atoms. The van der Waals surface area contributed by atoms with Crippen molar-refractivity contribution in [1.29, 1.82) is 0 Å². The molecular weight excluding hydrogens is 247 g/mol. The first-order chi connectivity index (χ1) is 8.60. The zero-order chi connectivity index (χ0) is 13.1. The number of halogens is 3. The van der Waals surface area contributed by atoms with Gasteiger partial charge in [0.05, 0.1) is 6.54 Å². The highest BCUT2D eigenvalue weighted by Gasteiger charge is 2.10. The van der Waals surface area contributed by atoms with Crippen LogP contribution in [0.1, 0.15) is 11.5 Å². The Hall–Kier alpha value is -1.95. The van der Waals surface area contributed by atoms with Crippen molar-refractivity contribution in [3.8, 4) is 0 Å². The van der Waals surface area contributed by atoms with E-state index in [1.807, 2.05) is 0 Å². The summed E-state index contributed by atoms with van der Waals surface area (Å²) in [7, 11) is 0. The number of aliphatic hydroxyl groups excluding tert-OH is 1. The van der Waals surface area contributed by atoms with Crippen molar-refractivity contribution in [2.75, 3.05) is 5.32 Å². The topological polar surface area (TPSA) is 45.4 Å². The molecule has 1 heterocycles. The highest BCUT2D eigenvalue weighted by molar-refractivity contribution is 5.44. The molecule has 0 spiro atoms. The smallest absolute Gasteiger partial charge is 0.194 e. The molecule has 0 unspecified atom stereocenters. The SMILES string of the molecule is OCc1ccc(CNc2cc(F)c(F)c(F)c2)o1.